The molecule has 0 bridgehead atoms. The molecule has 118 valence electrons. The van der Waals surface area contributed by atoms with E-state index in [1.54, 1.807) is 0 Å². The summed E-state index contributed by atoms with van der Waals surface area (Å²) in [5.74, 6) is 2.24. The fourth-order valence-corrected chi connectivity index (χ4v) is 2.25. The van der Waals surface area contributed by atoms with Crippen molar-refractivity contribution in [2.45, 2.75) is 51.2 Å². The van der Waals surface area contributed by atoms with Gasteiger partial charge in [0.05, 0.1) is 6.10 Å². The van der Waals surface area contributed by atoms with Crippen molar-refractivity contribution in [1.82, 2.24) is 9.97 Å². The average molecular weight is 294 g/mol. The summed E-state index contributed by atoms with van der Waals surface area (Å²) in [6, 6.07) is 1.85. The van der Waals surface area contributed by atoms with Gasteiger partial charge >= 0.3 is 0 Å². The van der Waals surface area contributed by atoms with Crippen LogP contribution in [0.4, 0.5) is 11.6 Å². The van der Waals surface area contributed by atoms with Crippen molar-refractivity contribution in [2.75, 3.05) is 30.8 Å². The molecular weight excluding hydrogens is 268 g/mol. The van der Waals surface area contributed by atoms with E-state index in [2.05, 4.69) is 41.4 Å². The predicted octanol–water partition coefficient (Wildman–Crippen LogP) is 1.77. The molecule has 2 heterocycles. The van der Waals surface area contributed by atoms with E-state index in [4.69, 9.17) is 4.74 Å². The van der Waals surface area contributed by atoms with Gasteiger partial charge in [-0.2, -0.15) is 0 Å². The molecule has 3 N–H and O–H groups in total. The van der Waals surface area contributed by atoms with E-state index in [9.17, 15) is 5.11 Å². The lowest BCUT2D eigenvalue weighted by Gasteiger charge is -2.27. The Kier molecular flexibility index (Phi) is 4.39. The Morgan fingerprint density at radius 3 is 2.57 bits per heavy atom. The zero-order valence-electron chi connectivity index (χ0n) is 13.5. The minimum atomic E-state index is -0.841. The third-order valence-corrected chi connectivity index (χ3v) is 3.89. The molecule has 0 amide bonds. The fraction of sp³-hybridized carbons (Fsp3) is 0.733. The number of hydrogen-bond donors (Lipinski definition) is 3. The summed E-state index contributed by atoms with van der Waals surface area (Å²) in [5.41, 5.74) is -0.976. The summed E-state index contributed by atoms with van der Waals surface area (Å²) in [7, 11) is 1.83. The number of rotatable bonds is 4. The molecule has 0 spiro atoms. The first-order chi connectivity index (χ1) is 9.74. The SMILES string of the molecule is CNc1cc(NCC2(O)CCOC2C)nc(C(C)(C)C)n1. The number of hydrogen-bond acceptors (Lipinski definition) is 6. The maximum Gasteiger partial charge on any atom is 0.138 e. The molecule has 1 fully saturated rings. The third kappa shape index (κ3) is 3.63. The van der Waals surface area contributed by atoms with Gasteiger partial charge in [0.1, 0.15) is 23.1 Å². The molecule has 0 radical (unpaired) electrons. The molecular formula is C15H26N4O2. The van der Waals surface area contributed by atoms with Crippen molar-refractivity contribution < 1.29 is 9.84 Å². The minimum Gasteiger partial charge on any atom is -0.385 e. The highest BCUT2D eigenvalue weighted by atomic mass is 16.5. The van der Waals surface area contributed by atoms with Crippen molar-refractivity contribution >= 4 is 11.6 Å². The summed E-state index contributed by atoms with van der Waals surface area (Å²) >= 11 is 0. The molecule has 1 saturated heterocycles. The Bertz CT molecular complexity index is 501. The zero-order chi connectivity index (χ0) is 15.7. The zero-order valence-corrected chi connectivity index (χ0v) is 13.5. The molecule has 2 rings (SSSR count). The van der Waals surface area contributed by atoms with Crippen molar-refractivity contribution in [3.8, 4) is 0 Å². The van der Waals surface area contributed by atoms with E-state index in [1.165, 1.54) is 0 Å². The molecule has 21 heavy (non-hydrogen) atoms. The first kappa shape index (κ1) is 16.0. The van der Waals surface area contributed by atoms with E-state index >= 15 is 0 Å². The number of aliphatic hydroxyl groups is 1. The molecule has 0 aromatic carbocycles. The smallest absolute Gasteiger partial charge is 0.138 e. The van der Waals surface area contributed by atoms with Crippen molar-refractivity contribution in [1.29, 1.82) is 0 Å². The molecule has 1 aromatic heterocycles. The van der Waals surface area contributed by atoms with Gasteiger partial charge in [0.25, 0.3) is 0 Å². The molecule has 6 heteroatoms. The summed E-state index contributed by atoms with van der Waals surface area (Å²) in [6.45, 7) is 9.13. The molecule has 6 nitrogen and oxygen atoms in total. The van der Waals surface area contributed by atoms with E-state index in [0.717, 1.165) is 11.6 Å². The maximum atomic E-state index is 10.5. The van der Waals surface area contributed by atoms with E-state index < -0.39 is 5.60 Å². The van der Waals surface area contributed by atoms with Gasteiger partial charge in [0, 0.05) is 38.1 Å². The minimum absolute atomic E-state index is 0.135. The number of ether oxygens (including phenoxy) is 1. The van der Waals surface area contributed by atoms with Crippen LogP contribution >= 0.6 is 0 Å². The highest BCUT2D eigenvalue weighted by Gasteiger charge is 2.39. The van der Waals surface area contributed by atoms with Gasteiger partial charge < -0.3 is 20.5 Å². The first-order valence-corrected chi connectivity index (χ1v) is 7.40. The van der Waals surface area contributed by atoms with Gasteiger partial charge in [-0.05, 0) is 6.92 Å². The van der Waals surface area contributed by atoms with Crippen LogP contribution in [0, 0.1) is 0 Å². The fourth-order valence-electron chi connectivity index (χ4n) is 2.25. The summed E-state index contributed by atoms with van der Waals surface area (Å²) < 4.78 is 5.44. The Balaban J connectivity index is 2.16. The van der Waals surface area contributed by atoms with E-state index in [-0.39, 0.29) is 11.5 Å². The average Bonchev–Trinajstić information content (AvgIpc) is 2.75. The third-order valence-electron chi connectivity index (χ3n) is 3.89. The van der Waals surface area contributed by atoms with Gasteiger partial charge in [-0.25, -0.2) is 9.97 Å². The van der Waals surface area contributed by atoms with Gasteiger partial charge in [-0.15, -0.1) is 0 Å². The predicted molar refractivity (Wildman–Crippen MR) is 83.7 cm³/mol. The van der Waals surface area contributed by atoms with Crippen LogP contribution in [0.2, 0.25) is 0 Å². The van der Waals surface area contributed by atoms with Crippen LogP contribution in [0.15, 0.2) is 6.07 Å². The van der Waals surface area contributed by atoms with Crippen molar-refractivity contribution in [3.05, 3.63) is 11.9 Å². The highest BCUT2D eigenvalue weighted by molar-refractivity contribution is 5.48. The number of nitrogens with zero attached hydrogens (tertiary/aromatic N) is 2. The van der Waals surface area contributed by atoms with Crippen LogP contribution in [-0.2, 0) is 10.2 Å². The molecule has 0 saturated carbocycles. The van der Waals surface area contributed by atoms with Crippen LogP contribution in [-0.4, -0.2) is 47.0 Å². The Morgan fingerprint density at radius 1 is 1.38 bits per heavy atom. The largest absolute Gasteiger partial charge is 0.385 e. The van der Waals surface area contributed by atoms with Gasteiger partial charge in [0.2, 0.25) is 0 Å². The monoisotopic (exact) mass is 294 g/mol. The molecule has 2 atom stereocenters. The Morgan fingerprint density at radius 2 is 2.05 bits per heavy atom. The normalized spacial score (nSPS) is 25.9. The van der Waals surface area contributed by atoms with Crippen LogP contribution in [0.3, 0.4) is 0 Å². The molecule has 1 aliphatic rings. The Labute approximate surface area is 126 Å². The van der Waals surface area contributed by atoms with Crippen LogP contribution in [0.25, 0.3) is 0 Å². The lowest BCUT2D eigenvalue weighted by Crippen LogP contribution is -2.43. The van der Waals surface area contributed by atoms with Gasteiger partial charge in [-0.1, -0.05) is 20.8 Å². The number of nitrogens with one attached hydrogen (secondary N) is 2. The highest BCUT2D eigenvalue weighted by Crippen LogP contribution is 2.27. The molecule has 1 aliphatic heterocycles. The first-order valence-electron chi connectivity index (χ1n) is 7.40. The van der Waals surface area contributed by atoms with Crippen LogP contribution in [0.5, 0.6) is 0 Å². The lowest BCUT2D eigenvalue weighted by atomic mass is 9.95. The second-order valence-corrected chi connectivity index (χ2v) is 6.68. The van der Waals surface area contributed by atoms with Crippen molar-refractivity contribution in [3.63, 3.8) is 0 Å². The molecule has 1 aromatic rings. The number of aromatic nitrogens is 2. The van der Waals surface area contributed by atoms with E-state index in [1.807, 2.05) is 20.0 Å². The van der Waals surface area contributed by atoms with Crippen molar-refractivity contribution in [2.24, 2.45) is 0 Å². The van der Waals surface area contributed by atoms with E-state index in [0.29, 0.717) is 25.4 Å². The number of anilines is 2. The molecule has 2 unspecified atom stereocenters. The summed E-state index contributed by atoms with van der Waals surface area (Å²) in [6.07, 6.45) is 0.467. The Hall–Kier alpha value is -1.40. The van der Waals surface area contributed by atoms with Crippen LogP contribution in [0.1, 0.15) is 39.9 Å². The quantitative estimate of drug-likeness (QED) is 0.785. The van der Waals surface area contributed by atoms with Gasteiger partial charge in [-0.3, -0.25) is 0 Å². The van der Waals surface area contributed by atoms with Gasteiger partial charge in [0.15, 0.2) is 0 Å². The van der Waals surface area contributed by atoms with Crippen LogP contribution < -0.4 is 10.6 Å². The molecule has 0 aliphatic carbocycles. The second kappa shape index (κ2) is 5.77. The summed E-state index contributed by atoms with van der Waals surface area (Å²) in [4.78, 5) is 9.04. The second-order valence-electron chi connectivity index (χ2n) is 6.68. The lowest BCUT2D eigenvalue weighted by molar-refractivity contribution is -0.0176. The summed E-state index contributed by atoms with van der Waals surface area (Å²) in [5, 5.41) is 16.8. The topological polar surface area (TPSA) is 79.3 Å². The maximum absolute atomic E-state index is 10.5. The standard InChI is InChI=1S/C15H26N4O2/c1-10-15(20,6-7-21-10)9-17-12-8-11(16-5)18-13(19-12)14(2,3)4/h8,10,20H,6-7,9H2,1-5H3,(H2,16,17,18,19).